The van der Waals surface area contributed by atoms with E-state index in [4.69, 9.17) is 0 Å². The van der Waals surface area contributed by atoms with Crippen LogP contribution < -0.4 is 5.32 Å². The quantitative estimate of drug-likeness (QED) is 0.895. The molecule has 1 heterocycles. The van der Waals surface area contributed by atoms with Gasteiger partial charge >= 0.3 is 0 Å². The molecule has 1 atom stereocenters. The summed E-state index contributed by atoms with van der Waals surface area (Å²) < 4.78 is 2.07. The summed E-state index contributed by atoms with van der Waals surface area (Å²) in [5.74, 6) is 1.06. The van der Waals surface area contributed by atoms with E-state index < -0.39 is 0 Å². The molecule has 2 rings (SSSR count). The summed E-state index contributed by atoms with van der Waals surface area (Å²) in [5.41, 5.74) is 3.92. The lowest BCUT2D eigenvalue weighted by Crippen LogP contribution is -2.24. The average molecular weight is 243 g/mol. The molecule has 0 saturated carbocycles. The van der Waals surface area contributed by atoms with Crippen LogP contribution in [-0.4, -0.2) is 16.1 Å². The van der Waals surface area contributed by atoms with E-state index in [1.54, 1.807) is 0 Å². The minimum absolute atomic E-state index is 0.161. The van der Waals surface area contributed by atoms with Gasteiger partial charge < -0.3 is 9.88 Å². The van der Waals surface area contributed by atoms with Crippen LogP contribution in [0, 0.1) is 13.8 Å². The molecule has 0 bridgehead atoms. The highest BCUT2D eigenvalue weighted by atomic mass is 15.1. The van der Waals surface area contributed by atoms with E-state index in [0.29, 0.717) is 0 Å². The molecular formula is C15H21N3. The number of hydrogen-bond acceptors (Lipinski definition) is 2. The van der Waals surface area contributed by atoms with Crippen molar-refractivity contribution in [3.05, 3.63) is 53.1 Å². The van der Waals surface area contributed by atoms with Crippen LogP contribution in [0.5, 0.6) is 0 Å². The van der Waals surface area contributed by atoms with Gasteiger partial charge in [-0.15, -0.1) is 0 Å². The third-order valence-electron chi connectivity index (χ3n) is 3.39. The zero-order valence-electron chi connectivity index (χ0n) is 11.6. The Morgan fingerprint density at radius 2 is 2.06 bits per heavy atom. The molecule has 0 amide bonds. The number of benzene rings is 1. The fraction of sp³-hybridized carbons (Fsp3) is 0.400. The Bertz CT molecular complexity index is 528. The van der Waals surface area contributed by atoms with Crippen LogP contribution >= 0.6 is 0 Å². The highest BCUT2D eigenvalue weighted by Crippen LogP contribution is 2.22. The van der Waals surface area contributed by atoms with E-state index in [-0.39, 0.29) is 6.04 Å². The Kier molecular flexibility index (Phi) is 3.82. The first-order valence-corrected chi connectivity index (χ1v) is 6.41. The summed E-state index contributed by atoms with van der Waals surface area (Å²) in [6, 6.07) is 6.77. The van der Waals surface area contributed by atoms with Crippen molar-refractivity contribution in [2.45, 2.75) is 26.8 Å². The molecule has 0 aliphatic heterocycles. The first-order chi connectivity index (χ1) is 8.63. The van der Waals surface area contributed by atoms with Gasteiger partial charge in [0.1, 0.15) is 5.82 Å². The molecule has 96 valence electrons. The van der Waals surface area contributed by atoms with E-state index in [1.807, 2.05) is 19.4 Å². The predicted molar refractivity (Wildman–Crippen MR) is 74.6 cm³/mol. The zero-order chi connectivity index (χ0) is 13.1. The molecule has 1 aromatic heterocycles. The van der Waals surface area contributed by atoms with Crippen LogP contribution in [0.1, 0.15) is 35.5 Å². The number of imidazole rings is 1. The summed E-state index contributed by atoms with van der Waals surface area (Å²) in [6.45, 7) is 7.34. The van der Waals surface area contributed by atoms with E-state index in [2.05, 4.69) is 53.8 Å². The largest absolute Gasteiger partial charge is 0.336 e. The van der Waals surface area contributed by atoms with Crippen LogP contribution in [0.3, 0.4) is 0 Å². The van der Waals surface area contributed by atoms with Gasteiger partial charge in [0, 0.05) is 19.4 Å². The molecular weight excluding hydrogens is 222 g/mol. The van der Waals surface area contributed by atoms with Crippen molar-refractivity contribution < 1.29 is 0 Å². The lowest BCUT2D eigenvalue weighted by molar-refractivity contribution is 0.577. The molecule has 1 N–H and O–H groups in total. The minimum atomic E-state index is 0.161. The number of aromatic nitrogens is 2. The van der Waals surface area contributed by atoms with Crippen LogP contribution in [0.25, 0.3) is 0 Å². The molecule has 1 aromatic carbocycles. The van der Waals surface area contributed by atoms with Crippen molar-refractivity contribution in [1.82, 2.24) is 14.9 Å². The Morgan fingerprint density at radius 3 is 2.61 bits per heavy atom. The van der Waals surface area contributed by atoms with Crippen molar-refractivity contribution in [2.24, 2.45) is 7.05 Å². The molecule has 18 heavy (non-hydrogen) atoms. The van der Waals surface area contributed by atoms with E-state index in [0.717, 1.165) is 12.4 Å². The molecule has 0 aliphatic carbocycles. The van der Waals surface area contributed by atoms with E-state index >= 15 is 0 Å². The van der Waals surface area contributed by atoms with E-state index in [9.17, 15) is 0 Å². The smallest absolute Gasteiger partial charge is 0.130 e. The molecule has 0 aliphatic rings. The van der Waals surface area contributed by atoms with E-state index in [1.165, 1.54) is 16.7 Å². The van der Waals surface area contributed by atoms with Crippen molar-refractivity contribution in [1.29, 1.82) is 0 Å². The maximum absolute atomic E-state index is 4.46. The Labute approximate surface area is 109 Å². The van der Waals surface area contributed by atoms with Crippen molar-refractivity contribution in [2.75, 3.05) is 6.54 Å². The first kappa shape index (κ1) is 12.8. The maximum atomic E-state index is 4.46. The second-order valence-corrected chi connectivity index (χ2v) is 4.73. The molecule has 0 fully saturated rings. The number of nitrogens with one attached hydrogen (secondary N) is 1. The topological polar surface area (TPSA) is 29.9 Å². The summed E-state index contributed by atoms with van der Waals surface area (Å²) >= 11 is 0. The number of rotatable bonds is 4. The second-order valence-electron chi connectivity index (χ2n) is 4.73. The van der Waals surface area contributed by atoms with Crippen LogP contribution in [0.4, 0.5) is 0 Å². The van der Waals surface area contributed by atoms with Gasteiger partial charge in [-0.25, -0.2) is 4.98 Å². The van der Waals surface area contributed by atoms with Gasteiger partial charge in [0.15, 0.2) is 0 Å². The second kappa shape index (κ2) is 5.36. The normalized spacial score (nSPS) is 12.7. The molecule has 0 spiro atoms. The van der Waals surface area contributed by atoms with Crippen molar-refractivity contribution in [3.63, 3.8) is 0 Å². The van der Waals surface area contributed by atoms with Gasteiger partial charge in [0.25, 0.3) is 0 Å². The number of nitrogens with zero attached hydrogens (tertiary/aromatic N) is 2. The molecule has 0 radical (unpaired) electrons. The molecule has 1 unspecified atom stereocenters. The van der Waals surface area contributed by atoms with Gasteiger partial charge in [-0.05, 0) is 37.1 Å². The lowest BCUT2D eigenvalue weighted by atomic mass is 10.0. The van der Waals surface area contributed by atoms with Gasteiger partial charge in [-0.1, -0.05) is 25.1 Å². The highest BCUT2D eigenvalue weighted by Gasteiger charge is 2.17. The molecule has 3 nitrogen and oxygen atoms in total. The first-order valence-electron chi connectivity index (χ1n) is 6.41. The zero-order valence-corrected chi connectivity index (χ0v) is 11.6. The Hall–Kier alpha value is -1.61. The minimum Gasteiger partial charge on any atom is -0.336 e. The monoisotopic (exact) mass is 243 g/mol. The third-order valence-corrected chi connectivity index (χ3v) is 3.39. The molecule has 3 heteroatoms. The fourth-order valence-electron chi connectivity index (χ4n) is 2.16. The summed E-state index contributed by atoms with van der Waals surface area (Å²) in [6.07, 6.45) is 3.83. The number of aryl methyl sites for hydroxylation is 3. The summed E-state index contributed by atoms with van der Waals surface area (Å²) in [4.78, 5) is 4.46. The standard InChI is InChI=1S/C15H21N3/c1-5-16-14(15-17-8-9-18(15)4)13-7-6-11(2)12(3)10-13/h6-10,14,16H,5H2,1-4H3. The highest BCUT2D eigenvalue weighted by molar-refractivity contribution is 5.34. The maximum Gasteiger partial charge on any atom is 0.130 e. The van der Waals surface area contributed by atoms with Gasteiger partial charge in [0.05, 0.1) is 6.04 Å². The third kappa shape index (κ3) is 2.46. The Morgan fingerprint density at radius 1 is 1.28 bits per heavy atom. The van der Waals surface area contributed by atoms with Crippen molar-refractivity contribution in [3.8, 4) is 0 Å². The van der Waals surface area contributed by atoms with Gasteiger partial charge in [-0.3, -0.25) is 0 Å². The fourth-order valence-corrected chi connectivity index (χ4v) is 2.16. The lowest BCUT2D eigenvalue weighted by Gasteiger charge is -2.19. The van der Waals surface area contributed by atoms with Gasteiger partial charge in [0.2, 0.25) is 0 Å². The Balaban J connectivity index is 2.41. The van der Waals surface area contributed by atoms with Crippen LogP contribution in [-0.2, 0) is 7.05 Å². The van der Waals surface area contributed by atoms with Gasteiger partial charge in [-0.2, -0.15) is 0 Å². The summed E-state index contributed by atoms with van der Waals surface area (Å²) in [5, 5.41) is 3.51. The average Bonchev–Trinajstić information content (AvgIpc) is 2.76. The predicted octanol–water partition coefficient (Wildman–Crippen LogP) is 2.74. The number of hydrogen-bond donors (Lipinski definition) is 1. The van der Waals surface area contributed by atoms with Crippen LogP contribution in [0.2, 0.25) is 0 Å². The van der Waals surface area contributed by atoms with Crippen LogP contribution in [0.15, 0.2) is 30.6 Å². The SMILES string of the molecule is CCNC(c1ccc(C)c(C)c1)c1nccn1C. The van der Waals surface area contributed by atoms with Crippen molar-refractivity contribution >= 4 is 0 Å². The summed E-state index contributed by atoms with van der Waals surface area (Å²) in [7, 11) is 2.04. The molecule has 2 aromatic rings. The molecule has 0 saturated heterocycles.